The van der Waals surface area contributed by atoms with E-state index in [1.54, 1.807) is 0 Å². The molecule has 3 fully saturated rings. The van der Waals surface area contributed by atoms with Gasteiger partial charge < -0.3 is 5.32 Å². The second-order valence-corrected chi connectivity index (χ2v) is 5.88. The third kappa shape index (κ3) is 2.13. The molecule has 3 heterocycles. The van der Waals surface area contributed by atoms with Crippen molar-refractivity contribution in [1.29, 1.82) is 0 Å². The predicted octanol–water partition coefficient (Wildman–Crippen LogP) is 0.907. The molecule has 0 aliphatic carbocycles. The molecule has 92 valence electrons. The smallest absolute Gasteiger partial charge is 0.0239 e. The van der Waals surface area contributed by atoms with Gasteiger partial charge in [0.05, 0.1) is 0 Å². The Kier molecular flexibility index (Phi) is 3.18. The molecule has 3 heteroatoms. The van der Waals surface area contributed by atoms with Crippen LogP contribution in [0.5, 0.6) is 0 Å². The summed E-state index contributed by atoms with van der Waals surface area (Å²) in [5.41, 5.74) is 0. The second-order valence-electron chi connectivity index (χ2n) is 5.88. The Morgan fingerprint density at radius 2 is 1.88 bits per heavy atom. The summed E-state index contributed by atoms with van der Waals surface area (Å²) in [4.78, 5) is 5.49. The number of hydrogen-bond donors (Lipinski definition) is 1. The van der Waals surface area contributed by atoms with Gasteiger partial charge in [-0.2, -0.15) is 0 Å². The van der Waals surface area contributed by atoms with Crippen molar-refractivity contribution in [2.45, 2.75) is 50.7 Å². The predicted molar refractivity (Wildman–Crippen MR) is 66.7 cm³/mol. The molecule has 3 aliphatic heterocycles. The van der Waals surface area contributed by atoms with E-state index in [1.807, 2.05) is 0 Å². The molecule has 3 nitrogen and oxygen atoms in total. The van der Waals surface area contributed by atoms with Crippen molar-refractivity contribution < 1.29 is 0 Å². The van der Waals surface area contributed by atoms with Crippen LogP contribution in [0.3, 0.4) is 0 Å². The maximum atomic E-state index is 3.54. The zero-order valence-electron chi connectivity index (χ0n) is 10.5. The van der Waals surface area contributed by atoms with Crippen molar-refractivity contribution in [2.75, 3.05) is 32.7 Å². The van der Waals surface area contributed by atoms with E-state index in [4.69, 9.17) is 0 Å². The average molecular weight is 223 g/mol. The van der Waals surface area contributed by atoms with Gasteiger partial charge in [-0.05, 0) is 32.7 Å². The van der Waals surface area contributed by atoms with Crippen LogP contribution < -0.4 is 5.32 Å². The molecule has 16 heavy (non-hydrogen) atoms. The van der Waals surface area contributed by atoms with Crippen LogP contribution in [-0.4, -0.2) is 60.6 Å². The van der Waals surface area contributed by atoms with E-state index in [0.717, 1.165) is 12.1 Å². The lowest BCUT2D eigenvalue weighted by Gasteiger charge is -2.36. The number of rotatable bonds is 1. The van der Waals surface area contributed by atoms with Crippen molar-refractivity contribution in [2.24, 2.45) is 0 Å². The van der Waals surface area contributed by atoms with Crippen molar-refractivity contribution in [3.8, 4) is 0 Å². The lowest BCUT2D eigenvalue weighted by molar-refractivity contribution is 0.146. The zero-order chi connectivity index (χ0) is 11.0. The molecule has 3 aliphatic rings. The van der Waals surface area contributed by atoms with E-state index in [1.165, 1.54) is 58.4 Å². The Labute approximate surface area is 99.2 Å². The minimum absolute atomic E-state index is 0.686. The third-order valence-electron chi connectivity index (χ3n) is 4.66. The monoisotopic (exact) mass is 223 g/mol. The van der Waals surface area contributed by atoms with Crippen LogP contribution in [0.15, 0.2) is 0 Å². The van der Waals surface area contributed by atoms with Crippen molar-refractivity contribution in [1.82, 2.24) is 15.1 Å². The molecule has 3 atom stereocenters. The zero-order valence-corrected chi connectivity index (χ0v) is 10.5. The average Bonchev–Trinajstić information content (AvgIpc) is 2.72. The Morgan fingerprint density at radius 3 is 2.69 bits per heavy atom. The molecule has 0 spiro atoms. The SMILES string of the molecule is CC1CN(C2CC3CCCCN3C2)CCN1. The van der Waals surface area contributed by atoms with E-state index in [0.29, 0.717) is 6.04 Å². The standard InChI is InChI=1S/C13H25N3/c1-11-9-16(7-5-14-11)13-8-12-4-2-3-6-15(12)10-13/h11-14H,2-10H2,1H3. The maximum Gasteiger partial charge on any atom is 0.0239 e. The largest absolute Gasteiger partial charge is 0.312 e. The topological polar surface area (TPSA) is 18.5 Å². The Morgan fingerprint density at radius 1 is 1.00 bits per heavy atom. The maximum absolute atomic E-state index is 3.54. The molecule has 3 saturated heterocycles. The van der Waals surface area contributed by atoms with Gasteiger partial charge in [-0.1, -0.05) is 6.42 Å². The van der Waals surface area contributed by atoms with Gasteiger partial charge in [0.2, 0.25) is 0 Å². The number of fused-ring (bicyclic) bond motifs is 1. The number of piperidine rings is 1. The first-order chi connectivity index (χ1) is 7.83. The first kappa shape index (κ1) is 11.0. The van der Waals surface area contributed by atoms with Crippen LogP contribution in [0.2, 0.25) is 0 Å². The van der Waals surface area contributed by atoms with E-state index in [2.05, 4.69) is 22.0 Å². The first-order valence-corrected chi connectivity index (χ1v) is 7.04. The highest BCUT2D eigenvalue weighted by molar-refractivity contribution is 4.94. The number of hydrogen-bond acceptors (Lipinski definition) is 3. The molecule has 0 aromatic carbocycles. The molecule has 3 rings (SSSR count). The summed E-state index contributed by atoms with van der Waals surface area (Å²) < 4.78 is 0. The summed E-state index contributed by atoms with van der Waals surface area (Å²) in [5.74, 6) is 0. The van der Waals surface area contributed by atoms with Crippen LogP contribution in [0, 0.1) is 0 Å². The first-order valence-electron chi connectivity index (χ1n) is 7.04. The summed E-state index contributed by atoms with van der Waals surface area (Å²) in [5, 5.41) is 3.54. The summed E-state index contributed by atoms with van der Waals surface area (Å²) in [6.45, 7) is 8.72. The van der Waals surface area contributed by atoms with Gasteiger partial charge in [-0.25, -0.2) is 0 Å². The Balaban J connectivity index is 1.59. The highest BCUT2D eigenvalue weighted by Gasteiger charge is 2.37. The third-order valence-corrected chi connectivity index (χ3v) is 4.66. The van der Waals surface area contributed by atoms with E-state index >= 15 is 0 Å². The van der Waals surface area contributed by atoms with Gasteiger partial charge in [-0.15, -0.1) is 0 Å². The number of piperazine rings is 1. The van der Waals surface area contributed by atoms with E-state index < -0.39 is 0 Å². The molecular formula is C13H25N3. The summed E-state index contributed by atoms with van der Waals surface area (Å²) in [6.07, 6.45) is 5.79. The van der Waals surface area contributed by atoms with Crippen molar-refractivity contribution in [3.63, 3.8) is 0 Å². The fourth-order valence-corrected chi connectivity index (χ4v) is 3.78. The normalized spacial score (nSPS) is 42.2. The second kappa shape index (κ2) is 4.63. The van der Waals surface area contributed by atoms with Crippen molar-refractivity contribution >= 4 is 0 Å². The van der Waals surface area contributed by atoms with Gasteiger partial charge in [0.25, 0.3) is 0 Å². The van der Waals surface area contributed by atoms with Crippen LogP contribution in [0.1, 0.15) is 32.6 Å². The molecule has 3 unspecified atom stereocenters. The highest BCUT2D eigenvalue weighted by Crippen LogP contribution is 2.29. The molecule has 0 bridgehead atoms. The van der Waals surface area contributed by atoms with Gasteiger partial charge in [0.15, 0.2) is 0 Å². The number of nitrogens with one attached hydrogen (secondary N) is 1. The molecular weight excluding hydrogens is 198 g/mol. The Hall–Kier alpha value is -0.120. The molecule has 1 N–H and O–H groups in total. The van der Waals surface area contributed by atoms with Crippen LogP contribution in [0.25, 0.3) is 0 Å². The molecule has 0 amide bonds. The van der Waals surface area contributed by atoms with Crippen LogP contribution in [-0.2, 0) is 0 Å². The lowest BCUT2D eigenvalue weighted by Crippen LogP contribution is -2.53. The molecule has 0 radical (unpaired) electrons. The number of nitrogens with zero attached hydrogens (tertiary/aromatic N) is 2. The van der Waals surface area contributed by atoms with E-state index in [-0.39, 0.29) is 0 Å². The van der Waals surface area contributed by atoms with Gasteiger partial charge >= 0.3 is 0 Å². The Bertz CT molecular complexity index is 229. The quantitative estimate of drug-likeness (QED) is 0.713. The van der Waals surface area contributed by atoms with E-state index in [9.17, 15) is 0 Å². The minimum Gasteiger partial charge on any atom is -0.312 e. The lowest BCUT2D eigenvalue weighted by atomic mass is 10.0. The molecule has 0 aromatic heterocycles. The van der Waals surface area contributed by atoms with Crippen LogP contribution >= 0.6 is 0 Å². The molecule has 0 aromatic rings. The van der Waals surface area contributed by atoms with Crippen LogP contribution in [0.4, 0.5) is 0 Å². The van der Waals surface area contributed by atoms with Gasteiger partial charge in [-0.3, -0.25) is 9.80 Å². The van der Waals surface area contributed by atoms with Gasteiger partial charge in [0.1, 0.15) is 0 Å². The summed E-state index contributed by atoms with van der Waals surface area (Å²) in [6, 6.07) is 2.46. The molecule has 0 saturated carbocycles. The fraction of sp³-hybridized carbons (Fsp3) is 1.00. The van der Waals surface area contributed by atoms with Crippen molar-refractivity contribution in [3.05, 3.63) is 0 Å². The minimum atomic E-state index is 0.686. The summed E-state index contributed by atoms with van der Waals surface area (Å²) in [7, 11) is 0. The fourth-order valence-electron chi connectivity index (χ4n) is 3.78. The van der Waals surface area contributed by atoms with Gasteiger partial charge in [0, 0.05) is 44.3 Å². The highest BCUT2D eigenvalue weighted by atomic mass is 15.3. The summed E-state index contributed by atoms with van der Waals surface area (Å²) >= 11 is 0.